The molecular formula is C16H13N5O3S. The number of aromatic nitrogens is 1. The lowest BCUT2D eigenvalue weighted by molar-refractivity contribution is -0.114. The second-order valence-electron chi connectivity index (χ2n) is 5.10. The molecule has 25 heavy (non-hydrogen) atoms. The van der Waals surface area contributed by atoms with Crippen LogP contribution in [0.5, 0.6) is 5.75 Å². The first-order valence-electron chi connectivity index (χ1n) is 7.16. The molecule has 0 aliphatic heterocycles. The number of nitrogens with zero attached hydrogens (tertiary/aromatic N) is 3. The van der Waals surface area contributed by atoms with Crippen LogP contribution in [0.2, 0.25) is 0 Å². The Morgan fingerprint density at radius 2 is 2.00 bits per heavy atom. The molecule has 9 heteroatoms. The van der Waals surface area contributed by atoms with Crippen molar-refractivity contribution in [1.82, 2.24) is 4.98 Å². The zero-order valence-electron chi connectivity index (χ0n) is 13.1. The largest absolute Gasteiger partial charge is 0.507 e. The maximum absolute atomic E-state index is 11.4. The third-order valence-electron chi connectivity index (χ3n) is 3.22. The minimum absolute atomic E-state index is 0.118. The second kappa shape index (κ2) is 6.65. The zero-order valence-corrected chi connectivity index (χ0v) is 13.9. The van der Waals surface area contributed by atoms with Gasteiger partial charge in [0, 0.05) is 13.0 Å². The fraction of sp³-hybridized carbons (Fsp3) is 0.0625. The molecular weight excluding hydrogens is 342 g/mol. The van der Waals surface area contributed by atoms with Crippen molar-refractivity contribution >= 4 is 49.9 Å². The van der Waals surface area contributed by atoms with Gasteiger partial charge in [-0.05, 0) is 18.2 Å². The van der Waals surface area contributed by atoms with Crippen molar-refractivity contribution < 1.29 is 14.7 Å². The molecule has 1 aromatic heterocycles. The van der Waals surface area contributed by atoms with Crippen LogP contribution in [0.4, 0.5) is 16.5 Å². The van der Waals surface area contributed by atoms with Gasteiger partial charge in [0.25, 0.3) is 5.91 Å². The van der Waals surface area contributed by atoms with Crippen molar-refractivity contribution in [2.24, 2.45) is 16.0 Å². The van der Waals surface area contributed by atoms with Crippen LogP contribution in [0.1, 0.15) is 17.3 Å². The molecule has 3 rings (SSSR count). The number of amides is 2. The summed E-state index contributed by atoms with van der Waals surface area (Å²) < 4.78 is 0.960. The predicted molar refractivity (Wildman–Crippen MR) is 94.7 cm³/mol. The SMILES string of the molecule is CC(=O)Nc1cc(O)c(C(N)=O)cc1/N=N/c1nc2ccccc2s1. The number of hydrogen-bond donors (Lipinski definition) is 3. The maximum atomic E-state index is 11.4. The Bertz CT molecular complexity index is 979. The monoisotopic (exact) mass is 355 g/mol. The molecule has 0 aliphatic carbocycles. The van der Waals surface area contributed by atoms with Crippen molar-refractivity contribution in [3.05, 3.63) is 42.0 Å². The molecule has 0 radical (unpaired) electrons. The van der Waals surface area contributed by atoms with Crippen molar-refractivity contribution in [2.45, 2.75) is 6.92 Å². The summed E-state index contributed by atoms with van der Waals surface area (Å²) in [6, 6.07) is 10.0. The first-order chi connectivity index (χ1) is 11.9. The minimum atomic E-state index is -0.816. The molecule has 4 N–H and O–H groups in total. The fourth-order valence-corrected chi connectivity index (χ4v) is 2.93. The molecule has 1 heterocycles. The molecule has 126 valence electrons. The molecule has 3 aromatic rings. The van der Waals surface area contributed by atoms with E-state index in [0.29, 0.717) is 5.13 Å². The molecule has 2 aromatic carbocycles. The van der Waals surface area contributed by atoms with Crippen LogP contribution in [0.25, 0.3) is 10.2 Å². The second-order valence-corrected chi connectivity index (χ2v) is 6.11. The number of para-hydroxylation sites is 1. The number of fused-ring (bicyclic) bond motifs is 1. The van der Waals surface area contributed by atoms with E-state index in [1.807, 2.05) is 24.3 Å². The van der Waals surface area contributed by atoms with Gasteiger partial charge in [-0.15, -0.1) is 10.2 Å². The molecule has 8 nitrogen and oxygen atoms in total. The molecule has 0 atom stereocenters. The summed E-state index contributed by atoms with van der Waals surface area (Å²) in [5.41, 5.74) is 6.29. The Morgan fingerprint density at radius 1 is 1.24 bits per heavy atom. The highest BCUT2D eigenvalue weighted by Crippen LogP contribution is 2.35. The van der Waals surface area contributed by atoms with Crippen LogP contribution in [0, 0.1) is 0 Å². The third kappa shape index (κ3) is 3.61. The fourth-order valence-electron chi connectivity index (χ4n) is 2.15. The number of anilines is 1. The zero-order chi connectivity index (χ0) is 18.0. The van der Waals surface area contributed by atoms with Gasteiger partial charge in [0.15, 0.2) is 0 Å². The van der Waals surface area contributed by atoms with E-state index in [9.17, 15) is 14.7 Å². The first kappa shape index (κ1) is 16.5. The third-order valence-corrected chi connectivity index (χ3v) is 4.14. The van der Waals surface area contributed by atoms with E-state index in [4.69, 9.17) is 5.73 Å². The van der Waals surface area contributed by atoms with E-state index in [1.165, 1.54) is 30.4 Å². The Morgan fingerprint density at radius 3 is 2.68 bits per heavy atom. The van der Waals surface area contributed by atoms with Gasteiger partial charge in [0.2, 0.25) is 11.0 Å². The van der Waals surface area contributed by atoms with Gasteiger partial charge < -0.3 is 16.2 Å². The van der Waals surface area contributed by atoms with E-state index in [2.05, 4.69) is 20.5 Å². The normalized spacial score (nSPS) is 11.1. The number of thiazole rings is 1. The summed E-state index contributed by atoms with van der Waals surface area (Å²) >= 11 is 1.35. The summed E-state index contributed by atoms with van der Waals surface area (Å²) in [5, 5.41) is 20.9. The number of rotatable bonds is 4. The smallest absolute Gasteiger partial charge is 0.252 e. The van der Waals surface area contributed by atoms with E-state index >= 15 is 0 Å². The number of azo groups is 1. The lowest BCUT2D eigenvalue weighted by atomic mass is 10.1. The molecule has 0 fully saturated rings. The van der Waals surface area contributed by atoms with Crippen LogP contribution in [0.3, 0.4) is 0 Å². The highest BCUT2D eigenvalue weighted by molar-refractivity contribution is 7.21. The van der Waals surface area contributed by atoms with Crippen molar-refractivity contribution in [2.75, 3.05) is 5.32 Å². The average Bonchev–Trinajstić information content (AvgIpc) is 2.96. The first-order valence-corrected chi connectivity index (χ1v) is 7.97. The number of primary amides is 1. The predicted octanol–water partition coefficient (Wildman–Crippen LogP) is 3.47. The van der Waals surface area contributed by atoms with Crippen LogP contribution in [-0.2, 0) is 4.79 Å². The highest BCUT2D eigenvalue weighted by atomic mass is 32.1. The number of benzene rings is 2. The van der Waals surface area contributed by atoms with E-state index in [-0.39, 0.29) is 28.6 Å². The van der Waals surface area contributed by atoms with Crippen LogP contribution in [-0.4, -0.2) is 21.9 Å². The van der Waals surface area contributed by atoms with E-state index in [1.54, 1.807) is 0 Å². The molecule has 0 unspecified atom stereocenters. The lowest BCUT2D eigenvalue weighted by Gasteiger charge is -2.08. The van der Waals surface area contributed by atoms with Crippen molar-refractivity contribution in [3.63, 3.8) is 0 Å². The standard InChI is InChI=1S/C16H13N5O3S/c1-8(22)18-11-7-13(23)9(15(17)24)6-12(11)20-21-16-19-10-4-2-3-5-14(10)25-16/h2-7,23H,1H3,(H2,17,24)(H,18,22)/b21-20+. The number of hydrogen-bond acceptors (Lipinski definition) is 7. The van der Waals surface area contributed by atoms with Crippen molar-refractivity contribution in [1.29, 1.82) is 0 Å². The molecule has 0 bridgehead atoms. The van der Waals surface area contributed by atoms with Crippen LogP contribution < -0.4 is 11.1 Å². The van der Waals surface area contributed by atoms with Gasteiger partial charge >= 0.3 is 0 Å². The van der Waals surface area contributed by atoms with Gasteiger partial charge in [-0.25, -0.2) is 4.98 Å². The quantitative estimate of drug-likeness (QED) is 0.618. The number of aromatic hydroxyl groups is 1. The number of carbonyl (C=O) groups is 2. The molecule has 2 amide bonds. The van der Waals surface area contributed by atoms with Crippen molar-refractivity contribution in [3.8, 4) is 5.75 Å². The average molecular weight is 355 g/mol. The highest BCUT2D eigenvalue weighted by Gasteiger charge is 2.14. The van der Waals surface area contributed by atoms with E-state index < -0.39 is 5.91 Å². The van der Waals surface area contributed by atoms with Gasteiger partial charge in [0.1, 0.15) is 11.4 Å². The summed E-state index contributed by atoms with van der Waals surface area (Å²) in [5.74, 6) is -1.53. The number of nitrogens with two attached hydrogens (primary N) is 1. The lowest BCUT2D eigenvalue weighted by Crippen LogP contribution is -2.12. The van der Waals surface area contributed by atoms with Gasteiger partial charge in [-0.1, -0.05) is 23.5 Å². The Balaban J connectivity index is 2.02. The number of phenols is 1. The molecule has 0 saturated heterocycles. The Hall–Kier alpha value is -3.33. The maximum Gasteiger partial charge on any atom is 0.252 e. The summed E-state index contributed by atoms with van der Waals surface area (Å²) in [7, 11) is 0. The molecule has 0 spiro atoms. The van der Waals surface area contributed by atoms with E-state index in [0.717, 1.165) is 10.2 Å². The van der Waals surface area contributed by atoms with Gasteiger partial charge in [-0.2, -0.15) is 0 Å². The van der Waals surface area contributed by atoms with Crippen LogP contribution in [0.15, 0.2) is 46.6 Å². The van der Waals surface area contributed by atoms with Gasteiger partial charge in [-0.3, -0.25) is 9.59 Å². The number of carbonyl (C=O) groups excluding carboxylic acids is 2. The van der Waals surface area contributed by atoms with Crippen LogP contribution >= 0.6 is 11.3 Å². The Labute approximate surface area is 146 Å². The van der Waals surface area contributed by atoms with Gasteiger partial charge in [0.05, 0.1) is 21.5 Å². The molecule has 0 aliphatic rings. The molecule has 0 saturated carbocycles. The number of nitrogens with one attached hydrogen (secondary N) is 1. The summed E-state index contributed by atoms with van der Waals surface area (Å²) in [6.07, 6.45) is 0. The topological polar surface area (TPSA) is 130 Å². The minimum Gasteiger partial charge on any atom is -0.507 e. The Kier molecular flexibility index (Phi) is 4.40. The summed E-state index contributed by atoms with van der Waals surface area (Å²) in [4.78, 5) is 27.0. The summed E-state index contributed by atoms with van der Waals surface area (Å²) in [6.45, 7) is 1.31.